The topological polar surface area (TPSA) is 77.7 Å². The van der Waals surface area contributed by atoms with Gasteiger partial charge in [0.2, 0.25) is 0 Å². The number of aliphatic imine (C=N–C) groups is 1. The van der Waals surface area contributed by atoms with Gasteiger partial charge in [-0.1, -0.05) is 12.1 Å². The van der Waals surface area contributed by atoms with E-state index in [0.717, 1.165) is 37.5 Å². The van der Waals surface area contributed by atoms with Gasteiger partial charge in [0.25, 0.3) is 0 Å². The van der Waals surface area contributed by atoms with E-state index in [4.69, 9.17) is 10.00 Å². The van der Waals surface area contributed by atoms with Crippen LogP contribution in [-0.2, 0) is 16.1 Å². The van der Waals surface area contributed by atoms with Crippen molar-refractivity contribution in [3.63, 3.8) is 0 Å². The van der Waals surface area contributed by atoms with E-state index >= 15 is 0 Å². The summed E-state index contributed by atoms with van der Waals surface area (Å²) in [5, 5.41) is 12.1. The molecule has 122 valence electrons. The number of nitrogens with one attached hydrogen (secondary N) is 1. The fourth-order valence-corrected chi connectivity index (χ4v) is 2.70. The first-order valence-corrected chi connectivity index (χ1v) is 7.70. The Labute approximate surface area is 136 Å². The summed E-state index contributed by atoms with van der Waals surface area (Å²) in [5.41, 5.74) is 1.75. The van der Waals surface area contributed by atoms with Crippen LogP contribution in [-0.4, -0.2) is 44.1 Å². The van der Waals surface area contributed by atoms with Gasteiger partial charge in [0, 0.05) is 26.7 Å². The lowest BCUT2D eigenvalue weighted by Gasteiger charge is -2.33. The van der Waals surface area contributed by atoms with Gasteiger partial charge in [-0.2, -0.15) is 5.26 Å². The van der Waals surface area contributed by atoms with E-state index in [1.54, 1.807) is 7.05 Å². The van der Waals surface area contributed by atoms with Crippen LogP contribution >= 0.6 is 0 Å². The molecule has 2 rings (SSSR count). The SMILES string of the molecule is CN=C(NCc1ccc(C#N)cc1)N1CCC(C(=O)OC)CC1. The zero-order valence-electron chi connectivity index (χ0n) is 13.6. The smallest absolute Gasteiger partial charge is 0.308 e. The number of carbonyl (C=O) groups excluding carboxylic acids is 1. The van der Waals surface area contributed by atoms with Crippen molar-refractivity contribution in [2.45, 2.75) is 19.4 Å². The van der Waals surface area contributed by atoms with Gasteiger partial charge < -0.3 is 15.0 Å². The number of hydrogen-bond acceptors (Lipinski definition) is 4. The van der Waals surface area contributed by atoms with Crippen LogP contribution in [0.5, 0.6) is 0 Å². The Bertz CT molecular complexity index is 596. The van der Waals surface area contributed by atoms with Crippen LogP contribution in [0.2, 0.25) is 0 Å². The van der Waals surface area contributed by atoms with Gasteiger partial charge in [0.05, 0.1) is 24.7 Å². The zero-order chi connectivity index (χ0) is 16.7. The van der Waals surface area contributed by atoms with Crippen LogP contribution < -0.4 is 5.32 Å². The van der Waals surface area contributed by atoms with Gasteiger partial charge in [0.15, 0.2) is 5.96 Å². The van der Waals surface area contributed by atoms with Crippen LogP contribution in [0.4, 0.5) is 0 Å². The molecule has 0 aromatic heterocycles. The van der Waals surface area contributed by atoms with Crippen molar-refractivity contribution >= 4 is 11.9 Å². The first-order chi connectivity index (χ1) is 11.2. The number of piperidine rings is 1. The molecular weight excluding hydrogens is 292 g/mol. The second-order valence-corrected chi connectivity index (χ2v) is 5.49. The molecule has 0 aliphatic carbocycles. The summed E-state index contributed by atoms with van der Waals surface area (Å²) in [7, 11) is 3.19. The zero-order valence-corrected chi connectivity index (χ0v) is 13.6. The number of benzene rings is 1. The molecule has 0 amide bonds. The third kappa shape index (κ3) is 4.46. The van der Waals surface area contributed by atoms with E-state index in [2.05, 4.69) is 21.3 Å². The fourth-order valence-electron chi connectivity index (χ4n) is 2.70. The number of methoxy groups -OCH3 is 1. The summed E-state index contributed by atoms with van der Waals surface area (Å²) >= 11 is 0. The lowest BCUT2D eigenvalue weighted by atomic mass is 9.97. The first-order valence-electron chi connectivity index (χ1n) is 7.70. The molecule has 0 atom stereocenters. The second-order valence-electron chi connectivity index (χ2n) is 5.49. The van der Waals surface area contributed by atoms with E-state index in [1.165, 1.54) is 7.11 Å². The maximum atomic E-state index is 11.6. The molecule has 0 radical (unpaired) electrons. The Balaban J connectivity index is 1.86. The lowest BCUT2D eigenvalue weighted by Crippen LogP contribution is -2.46. The van der Waals surface area contributed by atoms with Gasteiger partial charge in [-0.15, -0.1) is 0 Å². The molecular formula is C17H22N4O2. The Kier molecular flexibility index (Phi) is 5.98. The molecule has 1 fully saturated rings. The average molecular weight is 314 g/mol. The number of likely N-dealkylation sites (tertiary alicyclic amines) is 1. The minimum Gasteiger partial charge on any atom is -0.469 e. The number of carbonyl (C=O) groups is 1. The normalized spacial score (nSPS) is 15.9. The molecule has 1 aromatic carbocycles. The van der Waals surface area contributed by atoms with Gasteiger partial charge in [-0.05, 0) is 30.5 Å². The number of nitriles is 1. The van der Waals surface area contributed by atoms with Crippen molar-refractivity contribution in [1.82, 2.24) is 10.2 Å². The molecule has 1 aliphatic heterocycles. The van der Waals surface area contributed by atoms with Gasteiger partial charge in [-0.25, -0.2) is 0 Å². The van der Waals surface area contributed by atoms with E-state index in [-0.39, 0.29) is 11.9 Å². The summed E-state index contributed by atoms with van der Waals surface area (Å²) in [6.45, 7) is 2.22. The molecule has 1 N–H and O–H groups in total. The summed E-state index contributed by atoms with van der Waals surface area (Å²) in [5.74, 6) is 0.704. The number of ether oxygens (including phenoxy) is 1. The van der Waals surface area contributed by atoms with E-state index in [0.29, 0.717) is 12.1 Å². The van der Waals surface area contributed by atoms with E-state index in [9.17, 15) is 4.79 Å². The Hall–Kier alpha value is -2.55. The van der Waals surface area contributed by atoms with Crippen LogP contribution in [0.25, 0.3) is 0 Å². The number of guanidine groups is 1. The van der Waals surface area contributed by atoms with Crippen molar-refractivity contribution in [2.24, 2.45) is 10.9 Å². The highest BCUT2D eigenvalue weighted by atomic mass is 16.5. The van der Waals surface area contributed by atoms with Gasteiger partial charge in [0.1, 0.15) is 0 Å². The maximum Gasteiger partial charge on any atom is 0.308 e. The summed E-state index contributed by atoms with van der Waals surface area (Å²) < 4.78 is 4.81. The molecule has 0 bridgehead atoms. The van der Waals surface area contributed by atoms with Crippen LogP contribution in [0.3, 0.4) is 0 Å². The highest BCUT2D eigenvalue weighted by molar-refractivity contribution is 5.80. The molecule has 6 nitrogen and oxygen atoms in total. The molecule has 0 unspecified atom stereocenters. The van der Waals surface area contributed by atoms with Crippen LogP contribution in [0.1, 0.15) is 24.0 Å². The summed E-state index contributed by atoms with van der Waals surface area (Å²) in [4.78, 5) is 18.0. The maximum absolute atomic E-state index is 11.6. The highest BCUT2D eigenvalue weighted by Crippen LogP contribution is 2.18. The predicted molar refractivity (Wildman–Crippen MR) is 87.7 cm³/mol. The standard InChI is InChI=1S/C17H22N4O2/c1-19-17(20-12-14-5-3-13(11-18)4-6-14)21-9-7-15(8-10-21)16(22)23-2/h3-6,15H,7-10,12H2,1-2H3,(H,19,20). The number of rotatable bonds is 3. The molecule has 0 saturated carbocycles. The van der Waals surface area contributed by atoms with Crippen LogP contribution in [0.15, 0.2) is 29.3 Å². The lowest BCUT2D eigenvalue weighted by molar-refractivity contribution is -0.146. The summed E-state index contributed by atoms with van der Waals surface area (Å²) in [6, 6.07) is 9.59. The number of esters is 1. The van der Waals surface area contributed by atoms with Gasteiger partial charge in [-0.3, -0.25) is 9.79 Å². The van der Waals surface area contributed by atoms with Gasteiger partial charge >= 0.3 is 5.97 Å². The third-order valence-electron chi connectivity index (χ3n) is 4.07. The van der Waals surface area contributed by atoms with Crippen molar-refractivity contribution in [2.75, 3.05) is 27.2 Å². The van der Waals surface area contributed by atoms with Crippen molar-refractivity contribution in [3.05, 3.63) is 35.4 Å². The van der Waals surface area contributed by atoms with E-state index < -0.39 is 0 Å². The monoisotopic (exact) mass is 314 g/mol. The minimum atomic E-state index is -0.120. The largest absolute Gasteiger partial charge is 0.469 e. The molecule has 6 heteroatoms. The molecule has 1 aliphatic rings. The molecule has 1 heterocycles. The second kappa shape index (κ2) is 8.18. The first kappa shape index (κ1) is 16.8. The number of hydrogen-bond donors (Lipinski definition) is 1. The van der Waals surface area contributed by atoms with Crippen molar-refractivity contribution in [3.8, 4) is 6.07 Å². The Morgan fingerprint density at radius 1 is 1.39 bits per heavy atom. The quantitative estimate of drug-likeness (QED) is 0.520. The molecule has 1 aromatic rings. The Morgan fingerprint density at radius 3 is 2.57 bits per heavy atom. The fraction of sp³-hybridized carbons (Fsp3) is 0.471. The van der Waals surface area contributed by atoms with E-state index in [1.807, 2.05) is 24.3 Å². The molecule has 23 heavy (non-hydrogen) atoms. The van der Waals surface area contributed by atoms with Crippen LogP contribution in [0, 0.1) is 17.2 Å². The van der Waals surface area contributed by atoms with Crippen molar-refractivity contribution < 1.29 is 9.53 Å². The summed E-state index contributed by atoms with van der Waals surface area (Å²) in [6.07, 6.45) is 1.56. The number of nitrogens with zero attached hydrogens (tertiary/aromatic N) is 3. The Morgan fingerprint density at radius 2 is 2.04 bits per heavy atom. The average Bonchev–Trinajstić information content (AvgIpc) is 2.62. The predicted octanol–water partition coefficient (Wildman–Crippen LogP) is 1.52. The molecule has 0 spiro atoms. The molecule has 1 saturated heterocycles. The van der Waals surface area contributed by atoms with Crippen molar-refractivity contribution in [1.29, 1.82) is 5.26 Å². The third-order valence-corrected chi connectivity index (χ3v) is 4.07. The minimum absolute atomic E-state index is 0.00659. The highest BCUT2D eigenvalue weighted by Gasteiger charge is 2.26.